The second kappa shape index (κ2) is 6.12. The third-order valence-electron chi connectivity index (χ3n) is 3.61. The van der Waals surface area contributed by atoms with Crippen molar-refractivity contribution in [3.8, 4) is 0 Å². The van der Waals surface area contributed by atoms with E-state index in [4.69, 9.17) is 11.6 Å². The van der Waals surface area contributed by atoms with Gasteiger partial charge in [-0.3, -0.25) is 0 Å². The van der Waals surface area contributed by atoms with E-state index >= 15 is 0 Å². The average Bonchev–Trinajstić information content (AvgIpc) is 2.39. The maximum atomic E-state index is 12.6. The van der Waals surface area contributed by atoms with Crippen LogP contribution in [0.4, 0.5) is 0 Å². The zero-order valence-corrected chi connectivity index (χ0v) is 13.9. The van der Waals surface area contributed by atoms with Crippen molar-refractivity contribution >= 4 is 37.6 Å². The minimum Gasteiger partial charge on any atom is -0.207 e. The summed E-state index contributed by atoms with van der Waals surface area (Å²) in [6.07, 6.45) is 4.10. The molecule has 0 aliphatic heterocycles. The van der Waals surface area contributed by atoms with Crippen LogP contribution in [-0.2, 0) is 10.0 Å². The fourth-order valence-electron chi connectivity index (χ4n) is 2.46. The Bertz CT molecular complexity index is 549. The zero-order valence-electron chi connectivity index (χ0n) is 10.7. The Balaban J connectivity index is 2.31. The number of benzene rings is 1. The van der Waals surface area contributed by atoms with Crippen LogP contribution >= 0.6 is 27.5 Å². The summed E-state index contributed by atoms with van der Waals surface area (Å²) in [6, 6.07) is 6.58. The molecule has 2 unspecified atom stereocenters. The number of sulfonamides is 1. The molecule has 0 aromatic heterocycles. The van der Waals surface area contributed by atoms with Crippen LogP contribution in [0.3, 0.4) is 0 Å². The second-order valence-electron chi connectivity index (χ2n) is 4.82. The van der Waals surface area contributed by atoms with Gasteiger partial charge in [-0.25, -0.2) is 8.42 Å². The van der Waals surface area contributed by atoms with Gasteiger partial charge in [0, 0.05) is 17.9 Å². The van der Waals surface area contributed by atoms with Crippen molar-refractivity contribution in [3.05, 3.63) is 29.3 Å². The van der Waals surface area contributed by atoms with E-state index in [1.54, 1.807) is 31.3 Å². The second-order valence-corrected chi connectivity index (χ2v) is 8.37. The van der Waals surface area contributed by atoms with Crippen LogP contribution in [0.25, 0.3) is 0 Å². The van der Waals surface area contributed by atoms with Crippen LogP contribution in [0.15, 0.2) is 29.2 Å². The molecule has 2 rings (SSSR count). The number of rotatable bonds is 3. The number of hydrogen-bond donors (Lipinski definition) is 0. The Morgan fingerprint density at radius 3 is 2.53 bits per heavy atom. The molecule has 2 atom stereocenters. The molecule has 6 heteroatoms. The number of halogens is 2. The standard InChI is InChI=1S/C13H17BrClNO2S/c1-16(12-8-4-2-6-10(12)14)19(17,18)13-9-5-3-7-11(13)15/h3,5,7,9-10,12H,2,4,6,8H2,1H3. The minimum absolute atomic E-state index is 0.00461. The van der Waals surface area contributed by atoms with Crippen molar-refractivity contribution in [1.82, 2.24) is 4.31 Å². The van der Waals surface area contributed by atoms with E-state index in [1.165, 1.54) is 4.31 Å². The lowest BCUT2D eigenvalue weighted by molar-refractivity contribution is 0.297. The largest absolute Gasteiger partial charge is 0.244 e. The topological polar surface area (TPSA) is 37.4 Å². The first-order valence-electron chi connectivity index (χ1n) is 6.31. The molecule has 0 radical (unpaired) electrons. The van der Waals surface area contributed by atoms with E-state index in [0.717, 1.165) is 25.7 Å². The molecule has 0 amide bonds. The molecule has 3 nitrogen and oxygen atoms in total. The van der Waals surface area contributed by atoms with Crippen molar-refractivity contribution < 1.29 is 8.42 Å². The Labute approximate surface area is 128 Å². The molecule has 1 aliphatic rings. The zero-order chi connectivity index (χ0) is 14.0. The lowest BCUT2D eigenvalue weighted by atomic mass is 9.96. The lowest BCUT2D eigenvalue weighted by Crippen LogP contribution is -2.44. The van der Waals surface area contributed by atoms with Crippen molar-refractivity contribution in [2.24, 2.45) is 0 Å². The predicted molar refractivity (Wildman–Crippen MR) is 81.4 cm³/mol. The molecule has 0 bridgehead atoms. The van der Waals surface area contributed by atoms with Gasteiger partial charge in [-0.1, -0.05) is 52.5 Å². The van der Waals surface area contributed by atoms with Crippen LogP contribution in [0.2, 0.25) is 5.02 Å². The first kappa shape index (κ1) is 15.3. The minimum atomic E-state index is -3.53. The highest BCUT2D eigenvalue weighted by Gasteiger charge is 2.34. The number of hydrogen-bond acceptors (Lipinski definition) is 2. The Morgan fingerprint density at radius 2 is 1.89 bits per heavy atom. The molecular formula is C13H17BrClNO2S. The van der Waals surface area contributed by atoms with E-state index in [1.807, 2.05) is 0 Å². The normalized spacial score (nSPS) is 24.6. The highest BCUT2D eigenvalue weighted by molar-refractivity contribution is 9.09. The smallest absolute Gasteiger partial charge is 0.207 e. The van der Waals surface area contributed by atoms with Crippen molar-refractivity contribution in [1.29, 1.82) is 0 Å². The predicted octanol–water partition coefficient (Wildman–Crippen LogP) is 3.67. The molecule has 19 heavy (non-hydrogen) atoms. The molecule has 0 N–H and O–H groups in total. The summed E-state index contributed by atoms with van der Waals surface area (Å²) in [6.45, 7) is 0. The van der Waals surface area contributed by atoms with Crippen LogP contribution in [0.5, 0.6) is 0 Å². The van der Waals surface area contributed by atoms with Crippen LogP contribution in [0, 0.1) is 0 Å². The Kier molecular flexibility index (Phi) is 4.93. The molecule has 1 aromatic carbocycles. The number of alkyl halides is 1. The molecular weight excluding hydrogens is 350 g/mol. The monoisotopic (exact) mass is 365 g/mol. The van der Waals surface area contributed by atoms with Crippen molar-refractivity contribution in [3.63, 3.8) is 0 Å². The van der Waals surface area contributed by atoms with E-state index in [-0.39, 0.29) is 20.8 Å². The molecule has 1 aromatic rings. The third-order valence-corrected chi connectivity index (χ3v) is 7.06. The summed E-state index contributed by atoms with van der Waals surface area (Å²) in [7, 11) is -1.89. The van der Waals surface area contributed by atoms with E-state index < -0.39 is 10.0 Å². The van der Waals surface area contributed by atoms with Gasteiger partial charge in [0.1, 0.15) is 4.90 Å². The van der Waals surface area contributed by atoms with Gasteiger partial charge in [-0.15, -0.1) is 0 Å². The Morgan fingerprint density at radius 1 is 1.26 bits per heavy atom. The van der Waals surface area contributed by atoms with E-state index in [9.17, 15) is 8.42 Å². The van der Waals surface area contributed by atoms with E-state index in [2.05, 4.69) is 15.9 Å². The molecule has 1 saturated carbocycles. The summed E-state index contributed by atoms with van der Waals surface area (Å²) in [4.78, 5) is 0.396. The highest BCUT2D eigenvalue weighted by atomic mass is 79.9. The highest BCUT2D eigenvalue weighted by Crippen LogP contribution is 2.32. The van der Waals surface area contributed by atoms with Crippen LogP contribution < -0.4 is 0 Å². The summed E-state index contributed by atoms with van der Waals surface area (Å²) < 4.78 is 26.7. The fourth-order valence-corrected chi connectivity index (χ4v) is 5.47. The van der Waals surface area contributed by atoms with Gasteiger partial charge in [0.25, 0.3) is 0 Å². The maximum Gasteiger partial charge on any atom is 0.244 e. The van der Waals surface area contributed by atoms with Crippen molar-refractivity contribution in [2.45, 2.75) is 41.4 Å². The average molecular weight is 367 g/mol. The van der Waals surface area contributed by atoms with Crippen LogP contribution in [0.1, 0.15) is 25.7 Å². The van der Waals surface area contributed by atoms with E-state index in [0.29, 0.717) is 0 Å². The lowest BCUT2D eigenvalue weighted by Gasteiger charge is -2.34. The summed E-state index contributed by atoms with van der Waals surface area (Å²) >= 11 is 9.61. The molecule has 1 aliphatic carbocycles. The summed E-state index contributed by atoms with van der Waals surface area (Å²) in [5.74, 6) is 0. The van der Waals surface area contributed by atoms with Gasteiger partial charge in [0.15, 0.2) is 0 Å². The summed E-state index contributed by atoms with van der Waals surface area (Å²) in [5, 5.41) is 0.274. The van der Waals surface area contributed by atoms with Gasteiger partial charge in [-0.2, -0.15) is 4.31 Å². The van der Waals surface area contributed by atoms with Crippen molar-refractivity contribution in [2.75, 3.05) is 7.05 Å². The van der Waals surface area contributed by atoms with Gasteiger partial charge in [0.05, 0.1) is 5.02 Å². The summed E-state index contributed by atoms with van der Waals surface area (Å²) in [5.41, 5.74) is 0. The van der Waals surface area contributed by atoms with Gasteiger partial charge < -0.3 is 0 Å². The Hall–Kier alpha value is -0.100. The fraction of sp³-hybridized carbons (Fsp3) is 0.538. The molecule has 0 spiro atoms. The molecule has 106 valence electrons. The molecule has 1 fully saturated rings. The van der Waals surface area contributed by atoms with Crippen LogP contribution in [-0.4, -0.2) is 30.6 Å². The maximum absolute atomic E-state index is 12.6. The van der Waals surface area contributed by atoms with Gasteiger partial charge in [-0.05, 0) is 25.0 Å². The number of nitrogens with zero attached hydrogens (tertiary/aromatic N) is 1. The van der Waals surface area contributed by atoms with Gasteiger partial charge in [0.2, 0.25) is 10.0 Å². The molecule has 0 saturated heterocycles. The quantitative estimate of drug-likeness (QED) is 0.765. The third kappa shape index (κ3) is 3.15. The van der Waals surface area contributed by atoms with Gasteiger partial charge >= 0.3 is 0 Å². The first-order chi connectivity index (χ1) is 8.94. The SMILES string of the molecule is CN(C1CCCCC1Br)S(=O)(=O)c1ccccc1Cl. The molecule has 0 heterocycles. The first-order valence-corrected chi connectivity index (χ1v) is 9.04.